The largest absolute Gasteiger partial charge is 0.369 e. The van der Waals surface area contributed by atoms with E-state index in [4.69, 9.17) is 16.3 Å². The van der Waals surface area contributed by atoms with Gasteiger partial charge in [-0.1, -0.05) is 66.2 Å². The molecule has 0 saturated carbocycles. The molecule has 0 bridgehead atoms. The zero-order valence-corrected chi connectivity index (χ0v) is 22.9. The van der Waals surface area contributed by atoms with Crippen LogP contribution in [0, 0.1) is 17.5 Å². The number of hydrogen-bond acceptors (Lipinski definition) is 3. The van der Waals surface area contributed by atoms with Gasteiger partial charge in [0.2, 0.25) is 0 Å². The second-order valence-corrected chi connectivity index (χ2v) is 10.5. The Morgan fingerprint density at radius 3 is 1.68 bits per heavy atom. The van der Waals surface area contributed by atoms with Gasteiger partial charge in [-0.15, -0.1) is 0 Å². The number of hydrogen-bond donors (Lipinski definition) is 0. The quantitative estimate of drug-likeness (QED) is 0.184. The van der Waals surface area contributed by atoms with E-state index in [0.29, 0.717) is 11.6 Å². The van der Waals surface area contributed by atoms with Crippen LogP contribution < -0.4 is 0 Å². The van der Waals surface area contributed by atoms with Crippen LogP contribution in [0.15, 0.2) is 97.1 Å². The molecular formula is C33H32ClF3N2O. The molecule has 40 heavy (non-hydrogen) atoms. The van der Waals surface area contributed by atoms with Crippen LogP contribution in [0.1, 0.15) is 40.8 Å². The highest BCUT2D eigenvalue weighted by Crippen LogP contribution is 2.34. The lowest BCUT2D eigenvalue weighted by molar-refractivity contribution is 0.0612. The van der Waals surface area contributed by atoms with Gasteiger partial charge in [0.05, 0.1) is 6.04 Å². The standard InChI is InChI=1S/C33H32ClF3N2O/c34-31-5-2-1-4-30(31)32(24-6-12-27(35)13-7-24)39-21-19-38(20-22-39)18-3-23-40-33(25-8-14-28(36)15-9-25)26-10-16-29(37)17-11-26/h1-2,4-17,32-33H,3,18-23H2. The highest BCUT2D eigenvalue weighted by atomic mass is 35.5. The Labute approximate surface area is 238 Å². The number of ether oxygens (including phenoxy) is 1. The molecule has 0 aromatic heterocycles. The minimum Gasteiger partial charge on any atom is -0.369 e. The zero-order chi connectivity index (χ0) is 27.9. The zero-order valence-electron chi connectivity index (χ0n) is 22.2. The average Bonchev–Trinajstić information content (AvgIpc) is 2.97. The number of rotatable bonds is 10. The van der Waals surface area contributed by atoms with Crippen molar-refractivity contribution in [2.45, 2.75) is 18.6 Å². The van der Waals surface area contributed by atoms with E-state index >= 15 is 0 Å². The van der Waals surface area contributed by atoms with Crippen LogP contribution in [0.25, 0.3) is 0 Å². The van der Waals surface area contributed by atoms with Crippen molar-refractivity contribution in [2.24, 2.45) is 0 Å². The van der Waals surface area contributed by atoms with E-state index in [-0.39, 0.29) is 23.5 Å². The fourth-order valence-electron chi connectivity index (χ4n) is 5.32. The highest BCUT2D eigenvalue weighted by Gasteiger charge is 2.28. The van der Waals surface area contributed by atoms with Crippen molar-refractivity contribution >= 4 is 11.6 Å². The molecule has 0 radical (unpaired) electrons. The summed E-state index contributed by atoms with van der Waals surface area (Å²) in [7, 11) is 0. The lowest BCUT2D eigenvalue weighted by Gasteiger charge is -2.40. The maximum absolute atomic E-state index is 13.7. The van der Waals surface area contributed by atoms with Crippen LogP contribution in [0.4, 0.5) is 13.2 Å². The summed E-state index contributed by atoms with van der Waals surface area (Å²) in [6.07, 6.45) is 0.426. The minimum absolute atomic E-state index is 0.0491. The Bertz CT molecular complexity index is 1310. The molecular weight excluding hydrogens is 533 g/mol. The molecule has 4 aromatic rings. The molecule has 1 aliphatic heterocycles. The number of nitrogens with zero attached hydrogens (tertiary/aromatic N) is 2. The Morgan fingerprint density at radius 1 is 0.650 bits per heavy atom. The molecule has 3 nitrogen and oxygen atoms in total. The first kappa shape index (κ1) is 28.4. The first-order valence-corrected chi connectivity index (χ1v) is 13.9. The summed E-state index contributed by atoms with van der Waals surface area (Å²) in [4.78, 5) is 4.82. The van der Waals surface area contributed by atoms with Crippen LogP contribution in [0.5, 0.6) is 0 Å². The molecule has 0 aliphatic carbocycles. The second-order valence-electron chi connectivity index (χ2n) is 10.1. The van der Waals surface area contributed by atoms with Gasteiger partial charge in [-0.25, -0.2) is 13.2 Å². The molecule has 1 saturated heterocycles. The number of piperazine rings is 1. The van der Waals surface area contributed by atoms with E-state index in [9.17, 15) is 13.2 Å². The minimum atomic E-state index is -0.398. The molecule has 1 atom stereocenters. The third kappa shape index (κ3) is 7.12. The number of halogens is 4. The summed E-state index contributed by atoms with van der Waals surface area (Å²) >= 11 is 6.60. The molecule has 7 heteroatoms. The van der Waals surface area contributed by atoms with Gasteiger partial charge in [0, 0.05) is 44.4 Å². The van der Waals surface area contributed by atoms with Crippen LogP contribution >= 0.6 is 11.6 Å². The lowest BCUT2D eigenvalue weighted by atomic mass is 9.96. The van der Waals surface area contributed by atoms with Crippen molar-refractivity contribution in [2.75, 3.05) is 39.3 Å². The summed E-state index contributed by atoms with van der Waals surface area (Å²) in [5, 5.41) is 0.702. The Hall–Kier alpha value is -3.16. The second kappa shape index (κ2) is 13.5. The molecule has 0 N–H and O–H groups in total. The van der Waals surface area contributed by atoms with Gasteiger partial charge in [-0.3, -0.25) is 4.90 Å². The van der Waals surface area contributed by atoms with E-state index in [2.05, 4.69) is 9.80 Å². The first-order valence-electron chi connectivity index (χ1n) is 13.6. The molecule has 0 spiro atoms. The molecule has 0 amide bonds. The predicted octanol–water partition coefficient (Wildman–Crippen LogP) is 7.66. The molecule has 1 unspecified atom stereocenters. The molecule has 5 rings (SSSR count). The van der Waals surface area contributed by atoms with Crippen LogP contribution in [-0.2, 0) is 4.74 Å². The van der Waals surface area contributed by atoms with E-state index in [1.54, 1.807) is 24.3 Å². The highest BCUT2D eigenvalue weighted by molar-refractivity contribution is 6.31. The van der Waals surface area contributed by atoms with Crippen molar-refractivity contribution in [3.63, 3.8) is 0 Å². The van der Waals surface area contributed by atoms with Gasteiger partial charge in [0.1, 0.15) is 23.6 Å². The molecule has 4 aromatic carbocycles. The van der Waals surface area contributed by atoms with Crippen molar-refractivity contribution in [1.29, 1.82) is 0 Å². The molecule has 1 heterocycles. The van der Waals surface area contributed by atoms with Crippen LogP contribution in [0.2, 0.25) is 5.02 Å². The SMILES string of the molecule is Fc1ccc(C(OCCCN2CCN(C(c3ccc(F)cc3)c3ccccc3Cl)CC2)c2ccc(F)cc2)cc1. The van der Waals surface area contributed by atoms with Crippen molar-refractivity contribution in [1.82, 2.24) is 9.80 Å². The van der Waals surface area contributed by atoms with Crippen LogP contribution in [0.3, 0.4) is 0 Å². The van der Waals surface area contributed by atoms with Gasteiger partial charge in [0.25, 0.3) is 0 Å². The van der Waals surface area contributed by atoms with Crippen molar-refractivity contribution < 1.29 is 17.9 Å². The first-order chi connectivity index (χ1) is 19.5. The summed E-state index contributed by atoms with van der Waals surface area (Å²) < 4.78 is 46.9. The maximum Gasteiger partial charge on any atom is 0.123 e. The summed E-state index contributed by atoms with van der Waals surface area (Å²) in [5.74, 6) is -0.872. The monoisotopic (exact) mass is 564 g/mol. The maximum atomic E-state index is 13.7. The van der Waals surface area contributed by atoms with E-state index in [0.717, 1.165) is 61.4 Å². The Kier molecular flexibility index (Phi) is 9.55. The summed E-state index contributed by atoms with van der Waals surface area (Å²) in [6.45, 7) is 4.87. The van der Waals surface area contributed by atoms with Gasteiger partial charge >= 0.3 is 0 Å². The average molecular weight is 565 g/mol. The fourth-order valence-corrected chi connectivity index (χ4v) is 5.56. The lowest BCUT2D eigenvalue weighted by Crippen LogP contribution is -2.48. The normalized spacial score (nSPS) is 15.4. The summed E-state index contributed by atoms with van der Waals surface area (Å²) in [6, 6.07) is 27.0. The third-order valence-electron chi connectivity index (χ3n) is 7.41. The topological polar surface area (TPSA) is 15.7 Å². The Morgan fingerprint density at radius 2 is 1.15 bits per heavy atom. The van der Waals surface area contributed by atoms with E-state index < -0.39 is 6.10 Å². The molecule has 1 fully saturated rings. The van der Waals surface area contributed by atoms with Gasteiger partial charge in [-0.05, 0) is 71.1 Å². The smallest absolute Gasteiger partial charge is 0.123 e. The molecule has 1 aliphatic rings. The third-order valence-corrected chi connectivity index (χ3v) is 7.75. The van der Waals surface area contributed by atoms with E-state index in [1.165, 1.54) is 36.4 Å². The van der Waals surface area contributed by atoms with Gasteiger partial charge in [0.15, 0.2) is 0 Å². The van der Waals surface area contributed by atoms with Crippen LogP contribution in [-0.4, -0.2) is 49.1 Å². The number of benzene rings is 4. The van der Waals surface area contributed by atoms with Crippen molar-refractivity contribution in [3.8, 4) is 0 Å². The summed E-state index contributed by atoms with van der Waals surface area (Å²) in [5.41, 5.74) is 3.69. The van der Waals surface area contributed by atoms with Gasteiger partial charge < -0.3 is 9.64 Å². The van der Waals surface area contributed by atoms with E-state index in [1.807, 2.05) is 36.4 Å². The Balaban J connectivity index is 1.18. The molecule has 208 valence electrons. The van der Waals surface area contributed by atoms with Crippen molar-refractivity contribution in [3.05, 3.63) is 142 Å². The predicted molar refractivity (Wildman–Crippen MR) is 153 cm³/mol. The fraction of sp³-hybridized carbons (Fsp3) is 0.273. The van der Waals surface area contributed by atoms with Gasteiger partial charge in [-0.2, -0.15) is 0 Å².